The molecule has 2 aromatic rings. The van der Waals surface area contributed by atoms with Crippen molar-refractivity contribution in [2.24, 2.45) is 10.8 Å². The minimum absolute atomic E-state index is 0.0485. The number of rotatable bonds is 1. The topological polar surface area (TPSA) is 55.3 Å². The lowest BCUT2D eigenvalue weighted by Crippen LogP contribution is -2.41. The third kappa shape index (κ3) is 3.05. The van der Waals surface area contributed by atoms with Gasteiger partial charge in [-0.05, 0) is 44.2 Å². The number of hydrogen-bond acceptors (Lipinski definition) is 4. The smallest absolute Gasteiger partial charge is 0.394 e. The highest BCUT2D eigenvalue weighted by atomic mass is 19.4. The number of halogens is 3. The van der Waals surface area contributed by atoms with E-state index in [4.69, 9.17) is 4.74 Å². The van der Waals surface area contributed by atoms with Crippen LogP contribution in [0.3, 0.4) is 0 Å². The summed E-state index contributed by atoms with van der Waals surface area (Å²) in [7, 11) is 0. The van der Waals surface area contributed by atoms with Gasteiger partial charge in [-0.2, -0.15) is 13.2 Å². The van der Waals surface area contributed by atoms with Crippen LogP contribution < -0.4 is 4.74 Å². The van der Waals surface area contributed by atoms with Crippen molar-refractivity contribution in [3.8, 4) is 17.6 Å². The molecule has 0 aromatic carbocycles. The van der Waals surface area contributed by atoms with Crippen LogP contribution in [0.5, 0.6) is 5.75 Å². The lowest BCUT2D eigenvalue weighted by molar-refractivity contribution is -0.220. The average Bonchev–Trinajstić information content (AvgIpc) is 3.50. The normalized spacial score (nSPS) is 31.5. The Balaban J connectivity index is 1.30. The molecule has 0 unspecified atom stereocenters. The highest BCUT2D eigenvalue weighted by Gasteiger charge is 2.69. The third-order valence-electron chi connectivity index (χ3n) is 7.99. The van der Waals surface area contributed by atoms with Crippen molar-refractivity contribution >= 4 is 5.91 Å². The van der Waals surface area contributed by atoms with Gasteiger partial charge < -0.3 is 9.64 Å². The maximum absolute atomic E-state index is 13.7. The molecule has 2 aromatic heterocycles. The minimum atomic E-state index is -4.26. The Bertz CT molecular complexity index is 1180. The lowest BCUT2D eigenvalue weighted by atomic mass is 9.81. The summed E-state index contributed by atoms with van der Waals surface area (Å²) in [6.07, 6.45) is 3.48. The molecule has 5 nitrogen and oxygen atoms in total. The molecular weight excluding hydrogens is 431 g/mol. The number of fused-ring (bicyclic) bond motifs is 6. The second kappa shape index (κ2) is 6.96. The van der Waals surface area contributed by atoms with Crippen LogP contribution in [0.4, 0.5) is 13.2 Å². The van der Waals surface area contributed by atoms with Gasteiger partial charge in [0.25, 0.3) is 0 Å². The second-order valence-corrected chi connectivity index (χ2v) is 9.78. The number of carbonyl (C=O) groups is 1. The maximum atomic E-state index is 13.7. The first-order chi connectivity index (χ1) is 15.8. The number of alkyl halides is 3. The fraction of sp³-hybridized carbons (Fsp3) is 0.480. The Labute approximate surface area is 189 Å². The summed E-state index contributed by atoms with van der Waals surface area (Å²) in [5.41, 5.74) is -0.415. The molecule has 6 rings (SSSR count). The van der Waals surface area contributed by atoms with E-state index in [0.29, 0.717) is 37.1 Å². The van der Waals surface area contributed by atoms with Crippen molar-refractivity contribution in [2.75, 3.05) is 6.54 Å². The van der Waals surface area contributed by atoms with Crippen LogP contribution >= 0.6 is 0 Å². The van der Waals surface area contributed by atoms with E-state index in [9.17, 15) is 18.0 Å². The zero-order chi connectivity index (χ0) is 22.8. The van der Waals surface area contributed by atoms with Gasteiger partial charge in [0.2, 0.25) is 5.91 Å². The molecule has 4 heterocycles. The van der Waals surface area contributed by atoms with Crippen LogP contribution in [0, 0.1) is 22.7 Å². The van der Waals surface area contributed by atoms with Gasteiger partial charge in [-0.3, -0.25) is 14.8 Å². The Hall–Kier alpha value is -3.08. The molecular formula is C25H22F3N3O2. The van der Waals surface area contributed by atoms with E-state index in [1.54, 1.807) is 29.7 Å². The van der Waals surface area contributed by atoms with Crippen molar-refractivity contribution in [3.05, 3.63) is 53.6 Å². The third-order valence-corrected chi connectivity index (χ3v) is 7.99. The zero-order valence-electron chi connectivity index (χ0n) is 17.9. The van der Waals surface area contributed by atoms with E-state index in [0.717, 1.165) is 11.1 Å². The molecule has 4 aliphatic rings. The zero-order valence-corrected chi connectivity index (χ0v) is 17.9. The van der Waals surface area contributed by atoms with Gasteiger partial charge in [0.15, 0.2) is 0 Å². The van der Waals surface area contributed by atoms with Crippen molar-refractivity contribution in [1.29, 1.82) is 0 Å². The fourth-order valence-electron chi connectivity index (χ4n) is 6.25. The molecule has 2 atom stereocenters. The van der Waals surface area contributed by atoms with Crippen molar-refractivity contribution in [3.63, 3.8) is 0 Å². The first kappa shape index (κ1) is 20.5. The predicted molar refractivity (Wildman–Crippen MR) is 112 cm³/mol. The summed E-state index contributed by atoms with van der Waals surface area (Å²) >= 11 is 0. The summed E-state index contributed by atoms with van der Waals surface area (Å²) < 4.78 is 47.4. The number of pyridine rings is 2. The van der Waals surface area contributed by atoms with Crippen LogP contribution in [-0.2, 0) is 4.79 Å². The molecule has 2 saturated carbocycles. The van der Waals surface area contributed by atoms with Crippen molar-refractivity contribution in [2.45, 2.75) is 56.8 Å². The quantitative estimate of drug-likeness (QED) is 0.600. The first-order valence-electron chi connectivity index (χ1n) is 11.2. The van der Waals surface area contributed by atoms with E-state index >= 15 is 0 Å². The number of carbonyl (C=O) groups excluding carboxylic acids is 1. The van der Waals surface area contributed by atoms with E-state index in [1.165, 1.54) is 0 Å². The van der Waals surface area contributed by atoms with Crippen molar-refractivity contribution < 1.29 is 22.7 Å². The van der Waals surface area contributed by atoms with Crippen LogP contribution in [-0.4, -0.2) is 39.6 Å². The molecule has 0 N–H and O–H groups in total. The maximum Gasteiger partial charge on any atom is 0.394 e. The van der Waals surface area contributed by atoms with Crippen LogP contribution in [0.15, 0.2) is 36.9 Å². The standard InChI is InChI=1S/C25H22F3N3O2/c26-25(27,28)24-7-5-23(15-24,6-8-24)22(32)31-14-18-10-20(31)19-13-30-12-17(21(19)33-18)4-3-16-2-1-9-29-11-16/h1-2,9,11-13,18,20H,5-8,10,14-15H2/t18-,20-,23?,24?/m0/s1. The van der Waals surface area contributed by atoms with Gasteiger partial charge >= 0.3 is 6.18 Å². The summed E-state index contributed by atoms with van der Waals surface area (Å²) in [6, 6.07) is 3.42. The van der Waals surface area contributed by atoms with E-state index < -0.39 is 17.0 Å². The highest BCUT2D eigenvalue weighted by molar-refractivity contribution is 5.85. The summed E-state index contributed by atoms with van der Waals surface area (Å²) in [5.74, 6) is 6.63. The van der Waals surface area contributed by atoms with Crippen molar-refractivity contribution in [1.82, 2.24) is 14.9 Å². The van der Waals surface area contributed by atoms with E-state index in [2.05, 4.69) is 21.8 Å². The summed E-state index contributed by atoms with van der Waals surface area (Å²) in [4.78, 5) is 23.8. The van der Waals surface area contributed by atoms with Gasteiger partial charge in [0, 0.05) is 42.3 Å². The Morgan fingerprint density at radius 1 is 1.12 bits per heavy atom. The van der Waals surface area contributed by atoms with Gasteiger partial charge in [-0.25, -0.2) is 0 Å². The molecule has 1 amide bonds. The molecule has 1 saturated heterocycles. The van der Waals surface area contributed by atoms with Gasteiger partial charge in [0.1, 0.15) is 11.9 Å². The fourth-order valence-corrected chi connectivity index (χ4v) is 6.25. The first-order valence-corrected chi connectivity index (χ1v) is 11.2. The lowest BCUT2D eigenvalue weighted by Gasteiger charge is -2.34. The number of ether oxygens (including phenoxy) is 1. The molecule has 2 aliphatic heterocycles. The van der Waals surface area contributed by atoms with Crippen LogP contribution in [0.2, 0.25) is 0 Å². The average molecular weight is 453 g/mol. The van der Waals surface area contributed by atoms with Gasteiger partial charge in [-0.15, -0.1) is 0 Å². The van der Waals surface area contributed by atoms with Crippen LogP contribution in [0.25, 0.3) is 0 Å². The summed E-state index contributed by atoms with van der Waals surface area (Å²) in [6.45, 7) is 0.383. The predicted octanol–water partition coefficient (Wildman–Crippen LogP) is 4.42. The molecule has 0 spiro atoms. The van der Waals surface area contributed by atoms with Gasteiger partial charge in [-0.1, -0.05) is 11.8 Å². The SMILES string of the molecule is O=C(N1C[C@@H]2C[C@H]1c1cncc(C#Cc3cccnc3)c1O2)C12CCC(C(F)(F)F)(CC1)C2. The number of likely N-dealkylation sites (tertiary alicyclic amines) is 1. The minimum Gasteiger partial charge on any atom is -0.487 e. The Kier molecular flexibility index (Phi) is 4.33. The number of aromatic nitrogens is 2. The van der Waals surface area contributed by atoms with Gasteiger partial charge in [0.05, 0.1) is 29.0 Å². The molecule has 170 valence electrons. The van der Waals surface area contributed by atoms with Crippen LogP contribution in [0.1, 0.15) is 61.3 Å². The second-order valence-electron chi connectivity index (χ2n) is 9.78. The molecule has 33 heavy (non-hydrogen) atoms. The Morgan fingerprint density at radius 2 is 1.94 bits per heavy atom. The summed E-state index contributed by atoms with van der Waals surface area (Å²) in [5, 5.41) is 0. The molecule has 3 fully saturated rings. The monoisotopic (exact) mass is 453 g/mol. The number of amides is 1. The number of hydrogen-bond donors (Lipinski definition) is 0. The highest BCUT2D eigenvalue weighted by Crippen LogP contribution is 2.68. The Morgan fingerprint density at radius 3 is 2.64 bits per heavy atom. The number of nitrogens with zero attached hydrogens (tertiary/aromatic N) is 3. The molecule has 2 aliphatic carbocycles. The molecule has 8 heteroatoms. The molecule has 0 radical (unpaired) electrons. The van der Waals surface area contributed by atoms with E-state index in [1.807, 2.05) is 12.1 Å². The largest absolute Gasteiger partial charge is 0.487 e. The van der Waals surface area contributed by atoms with E-state index in [-0.39, 0.29) is 37.3 Å². The molecule has 4 bridgehead atoms.